The summed E-state index contributed by atoms with van der Waals surface area (Å²) in [6.07, 6.45) is 6.14. The van der Waals surface area contributed by atoms with E-state index in [0.29, 0.717) is 12.2 Å². The molecule has 2 heterocycles. The van der Waals surface area contributed by atoms with Crippen LogP contribution in [-0.2, 0) is 9.68 Å². The summed E-state index contributed by atoms with van der Waals surface area (Å²) in [5, 5.41) is 4.39. The van der Waals surface area contributed by atoms with Gasteiger partial charge < -0.3 is 0 Å². The van der Waals surface area contributed by atoms with E-state index in [1.807, 2.05) is 24.3 Å². The molecule has 0 bridgehead atoms. The molecular weight excluding hydrogens is 354 g/mol. The minimum atomic E-state index is -0.353. The molecule has 6 nitrogen and oxygen atoms in total. The zero-order valence-corrected chi connectivity index (χ0v) is 15.3. The lowest BCUT2D eigenvalue weighted by atomic mass is 10.1. The number of benzene rings is 1. The van der Waals surface area contributed by atoms with E-state index in [0.717, 1.165) is 42.5 Å². The van der Waals surface area contributed by atoms with E-state index in [2.05, 4.69) is 17.0 Å². The van der Waals surface area contributed by atoms with Crippen molar-refractivity contribution in [1.29, 1.82) is 0 Å². The van der Waals surface area contributed by atoms with Crippen LogP contribution in [-0.4, -0.2) is 20.6 Å². The standard InChI is InChI=1S/C19H20ClN3O3/c1-2-3-4-5-6-18(24)26-25-16-10-7-14(8-11-16)17-12-9-15-13-21-19(20)22-23(15)17/h7-13H,2-6H2,1H3. The first kappa shape index (κ1) is 18.2. The molecule has 0 amide bonds. The van der Waals surface area contributed by atoms with Gasteiger partial charge in [-0.15, -0.1) is 5.10 Å². The second-order valence-electron chi connectivity index (χ2n) is 5.96. The minimum Gasteiger partial charge on any atom is -0.287 e. The lowest BCUT2D eigenvalue weighted by Gasteiger charge is -2.06. The van der Waals surface area contributed by atoms with E-state index in [1.165, 1.54) is 0 Å². The number of aromatic nitrogens is 3. The van der Waals surface area contributed by atoms with Crippen molar-refractivity contribution in [3.8, 4) is 17.0 Å². The van der Waals surface area contributed by atoms with E-state index < -0.39 is 0 Å². The van der Waals surface area contributed by atoms with Crippen LogP contribution < -0.4 is 4.89 Å². The molecule has 26 heavy (non-hydrogen) atoms. The van der Waals surface area contributed by atoms with Crippen molar-refractivity contribution in [3.05, 3.63) is 47.9 Å². The molecule has 7 heteroatoms. The first-order valence-electron chi connectivity index (χ1n) is 8.65. The predicted molar refractivity (Wildman–Crippen MR) is 98.9 cm³/mol. The van der Waals surface area contributed by atoms with Crippen molar-refractivity contribution >= 4 is 23.1 Å². The molecule has 3 aromatic rings. The molecule has 0 N–H and O–H groups in total. The van der Waals surface area contributed by atoms with Crippen LogP contribution in [0.2, 0.25) is 5.28 Å². The van der Waals surface area contributed by atoms with Crippen molar-refractivity contribution in [2.75, 3.05) is 0 Å². The molecule has 0 saturated carbocycles. The highest BCUT2D eigenvalue weighted by Gasteiger charge is 2.09. The smallest absolute Gasteiger partial charge is 0.287 e. The van der Waals surface area contributed by atoms with Gasteiger partial charge in [0.2, 0.25) is 5.28 Å². The molecular formula is C19H20ClN3O3. The molecule has 0 atom stereocenters. The van der Waals surface area contributed by atoms with E-state index in [-0.39, 0.29) is 11.3 Å². The van der Waals surface area contributed by atoms with Gasteiger partial charge in [-0.1, -0.05) is 26.2 Å². The van der Waals surface area contributed by atoms with Gasteiger partial charge in [0.15, 0.2) is 5.75 Å². The largest absolute Gasteiger partial charge is 0.355 e. The van der Waals surface area contributed by atoms with Crippen LogP contribution in [0.4, 0.5) is 0 Å². The lowest BCUT2D eigenvalue weighted by molar-refractivity contribution is -0.213. The van der Waals surface area contributed by atoms with Crippen LogP contribution >= 0.6 is 11.6 Å². The van der Waals surface area contributed by atoms with Gasteiger partial charge in [-0.25, -0.2) is 14.3 Å². The first-order chi connectivity index (χ1) is 12.7. The van der Waals surface area contributed by atoms with Crippen LogP contribution in [0.15, 0.2) is 42.6 Å². The number of hydrogen-bond donors (Lipinski definition) is 0. The van der Waals surface area contributed by atoms with Gasteiger partial charge in [0.25, 0.3) is 0 Å². The second kappa shape index (κ2) is 8.67. The van der Waals surface area contributed by atoms with Crippen LogP contribution in [0, 0.1) is 0 Å². The Morgan fingerprint density at radius 3 is 2.69 bits per heavy atom. The Morgan fingerprint density at radius 2 is 1.92 bits per heavy atom. The van der Waals surface area contributed by atoms with E-state index in [4.69, 9.17) is 21.4 Å². The lowest BCUT2D eigenvalue weighted by Crippen LogP contribution is -2.07. The van der Waals surface area contributed by atoms with Crippen molar-refractivity contribution in [3.63, 3.8) is 0 Å². The third-order valence-corrected chi connectivity index (χ3v) is 4.16. The Morgan fingerprint density at radius 1 is 1.12 bits per heavy atom. The van der Waals surface area contributed by atoms with Crippen molar-refractivity contribution in [1.82, 2.24) is 14.6 Å². The number of fused-ring (bicyclic) bond motifs is 1. The van der Waals surface area contributed by atoms with E-state index in [1.54, 1.807) is 22.8 Å². The predicted octanol–water partition coefficient (Wildman–Crippen LogP) is 4.86. The normalized spacial score (nSPS) is 10.8. The Kier molecular flexibility index (Phi) is 6.07. The molecule has 0 aliphatic carbocycles. The Hall–Kier alpha value is -2.60. The molecule has 0 saturated heterocycles. The minimum absolute atomic E-state index is 0.181. The summed E-state index contributed by atoms with van der Waals surface area (Å²) in [5.41, 5.74) is 2.66. The summed E-state index contributed by atoms with van der Waals surface area (Å²) >= 11 is 5.87. The highest BCUT2D eigenvalue weighted by molar-refractivity contribution is 6.28. The van der Waals surface area contributed by atoms with Crippen LogP contribution in [0.25, 0.3) is 16.8 Å². The Balaban J connectivity index is 1.60. The summed E-state index contributed by atoms with van der Waals surface area (Å²) in [4.78, 5) is 25.5. The monoisotopic (exact) mass is 373 g/mol. The summed E-state index contributed by atoms with van der Waals surface area (Å²) in [7, 11) is 0. The Bertz CT molecular complexity index is 877. The average molecular weight is 374 g/mol. The third-order valence-electron chi connectivity index (χ3n) is 3.99. The molecule has 136 valence electrons. The maximum Gasteiger partial charge on any atom is 0.355 e. The van der Waals surface area contributed by atoms with E-state index >= 15 is 0 Å². The molecule has 0 aliphatic heterocycles. The molecule has 0 aliphatic rings. The Labute approximate surface area is 156 Å². The number of nitrogens with zero attached hydrogens (tertiary/aromatic N) is 3. The highest BCUT2D eigenvalue weighted by atomic mass is 35.5. The molecule has 0 unspecified atom stereocenters. The fourth-order valence-corrected chi connectivity index (χ4v) is 2.74. The maximum atomic E-state index is 11.6. The molecule has 0 radical (unpaired) electrons. The third kappa shape index (κ3) is 4.52. The fraction of sp³-hybridized carbons (Fsp3) is 0.316. The fourth-order valence-electron chi connectivity index (χ4n) is 2.61. The highest BCUT2D eigenvalue weighted by Crippen LogP contribution is 2.24. The van der Waals surface area contributed by atoms with Crippen molar-refractivity contribution in [2.45, 2.75) is 39.0 Å². The summed E-state index contributed by atoms with van der Waals surface area (Å²) < 4.78 is 1.72. The summed E-state index contributed by atoms with van der Waals surface area (Å²) in [5.74, 6) is 0.110. The number of hydrogen-bond acceptors (Lipinski definition) is 5. The number of halogens is 1. The first-order valence-corrected chi connectivity index (χ1v) is 9.03. The van der Waals surface area contributed by atoms with Gasteiger partial charge in [-0.3, -0.25) is 9.78 Å². The van der Waals surface area contributed by atoms with Crippen LogP contribution in [0.5, 0.6) is 5.75 Å². The number of unbranched alkanes of at least 4 members (excludes halogenated alkanes) is 3. The van der Waals surface area contributed by atoms with Crippen LogP contribution in [0.1, 0.15) is 39.0 Å². The topological polar surface area (TPSA) is 65.7 Å². The zero-order valence-electron chi connectivity index (χ0n) is 14.5. The molecule has 2 aromatic heterocycles. The number of carbonyl (C=O) groups excluding carboxylic acids is 1. The molecule has 3 rings (SSSR count). The number of carbonyl (C=O) groups is 1. The SMILES string of the molecule is CCCCCCC(=O)OOc1ccc(-c2ccc3cnc(Cl)nn23)cc1. The van der Waals surface area contributed by atoms with Crippen LogP contribution in [0.3, 0.4) is 0 Å². The van der Waals surface area contributed by atoms with E-state index in [9.17, 15) is 4.79 Å². The number of rotatable bonds is 8. The maximum absolute atomic E-state index is 11.6. The molecule has 1 aromatic carbocycles. The van der Waals surface area contributed by atoms with Gasteiger partial charge in [-0.05, 0) is 54.4 Å². The van der Waals surface area contributed by atoms with Gasteiger partial charge in [-0.2, -0.15) is 0 Å². The van der Waals surface area contributed by atoms with Gasteiger partial charge in [0.05, 0.1) is 23.8 Å². The summed E-state index contributed by atoms with van der Waals surface area (Å²) in [6.45, 7) is 2.13. The zero-order chi connectivity index (χ0) is 18.4. The van der Waals surface area contributed by atoms with Gasteiger partial charge in [0.1, 0.15) is 0 Å². The summed E-state index contributed by atoms with van der Waals surface area (Å²) in [6, 6.07) is 11.1. The van der Waals surface area contributed by atoms with Crippen molar-refractivity contribution in [2.24, 2.45) is 0 Å². The molecule has 0 spiro atoms. The second-order valence-corrected chi connectivity index (χ2v) is 6.29. The molecule has 0 fully saturated rings. The quantitative estimate of drug-likeness (QED) is 0.320. The average Bonchev–Trinajstić information content (AvgIpc) is 3.07. The van der Waals surface area contributed by atoms with Gasteiger partial charge in [0, 0.05) is 5.56 Å². The van der Waals surface area contributed by atoms with Gasteiger partial charge >= 0.3 is 5.97 Å². The van der Waals surface area contributed by atoms with Crippen molar-refractivity contribution < 1.29 is 14.6 Å².